The molecule has 0 radical (unpaired) electrons. The van der Waals surface area contributed by atoms with Crippen LogP contribution in [0.25, 0.3) is 0 Å². The van der Waals surface area contributed by atoms with Gasteiger partial charge in [0.15, 0.2) is 0 Å². The van der Waals surface area contributed by atoms with Crippen LogP contribution in [0.5, 0.6) is 0 Å². The molecule has 0 saturated carbocycles. The summed E-state index contributed by atoms with van der Waals surface area (Å²) in [5.41, 5.74) is 3.01. The van der Waals surface area contributed by atoms with Crippen LogP contribution < -0.4 is 0 Å². The summed E-state index contributed by atoms with van der Waals surface area (Å²) in [6, 6.07) is 21.6. The number of aryl methyl sites for hydroxylation is 2. The van der Waals surface area contributed by atoms with Crippen molar-refractivity contribution in [3.8, 4) is 6.07 Å². The van der Waals surface area contributed by atoms with Crippen LogP contribution in [-0.4, -0.2) is 35.1 Å². The van der Waals surface area contributed by atoms with E-state index in [1.54, 1.807) is 48.5 Å². The first-order valence-electron chi connectivity index (χ1n) is 11.7. The predicted octanol–water partition coefficient (Wildman–Crippen LogP) is 5.56. The number of thioether (sulfide) groups is 1. The van der Waals surface area contributed by atoms with Gasteiger partial charge in [-0.3, -0.25) is 4.79 Å². The SMILES string of the molecule is CC[C@@H]1[C@@H](Sc2ccc(C)cc2)[C@@H](C(=O)O)[C@H](c2ccc(C#N)cc2)N1S(=O)(=O)c1ccc(C)cc1. The zero-order chi connectivity index (χ0) is 26.0. The standard InChI is InChI=1S/C28H28N2O4S2/c1-4-24-27(35-22-13-5-18(2)6-14-22)25(28(31)32)26(21-11-9-20(17-29)10-12-21)30(24)36(33,34)23-15-7-19(3)8-16-23/h5-16,24-27H,4H2,1-3H3,(H,31,32)/t24-,25+,26+,27-/m1/s1. The lowest BCUT2D eigenvalue weighted by Crippen LogP contribution is -2.39. The van der Waals surface area contributed by atoms with Crippen molar-refractivity contribution in [2.75, 3.05) is 0 Å². The van der Waals surface area contributed by atoms with Crippen molar-refractivity contribution in [2.45, 2.75) is 54.3 Å². The van der Waals surface area contributed by atoms with Crippen molar-refractivity contribution in [1.29, 1.82) is 5.26 Å². The van der Waals surface area contributed by atoms with Gasteiger partial charge in [0.2, 0.25) is 10.0 Å². The Hall–Kier alpha value is -3.12. The zero-order valence-electron chi connectivity index (χ0n) is 20.3. The Labute approximate surface area is 216 Å². The minimum absolute atomic E-state index is 0.135. The van der Waals surface area contributed by atoms with E-state index in [0.717, 1.165) is 16.0 Å². The molecular weight excluding hydrogens is 492 g/mol. The largest absolute Gasteiger partial charge is 0.481 e. The highest BCUT2D eigenvalue weighted by Gasteiger charge is 2.57. The summed E-state index contributed by atoms with van der Waals surface area (Å²) in [7, 11) is -4.04. The van der Waals surface area contributed by atoms with Crippen molar-refractivity contribution in [3.63, 3.8) is 0 Å². The summed E-state index contributed by atoms with van der Waals surface area (Å²) < 4.78 is 29.6. The van der Waals surface area contributed by atoms with Gasteiger partial charge in [-0.25, -0.2) is 8.42 Å². The molecule has 36 heavy (non-hydrogen) atoms. The van der Waals surface area contributed by atoms with Crippen LogP contribution in [0.1, 0.15) is 41.6 Å². The lowest BCUT2D eigenvalue weighted by molar-refractivity contribution is -0.142. The second kappa shape index (κ2) is 10.5. The third kappa shape index (κ3) is 4.92. The number of benzene rings is 3. The number of nitrogens with zero attached hydrogens (tertiary/aromatic N) is 2. The lowest BCUT2D eigenvalue weighted by atomic mass is 9.92. The number of rotatable bonds is 7. The summed E-state index contributed by atoms with van der Waals surface area (Å²) in [6.07, 6.45) is 0.450. The highest BCUT2D eigenvalue weighted by molar-refractivity contribution is 8.00. The van der Waals surface area contributed by atoms with Crippen LogP contribution in [0.15, 0.2) is 82.6 Å². The average molecular weight is 521 g/mol. The number of hydrogen-bond donors (Lipinski definition) is 1. The van der Waals surface area contributed by atoms with Crippen LogP contribution in [0.4, 0.5) is 0 Å². The average Bonchev–Trinajstić information content (AvgIpc) is 3.20. The first-order chi connectivity index (χ1) is 17.2. The summed E-state index contributed by atoms with van der Waals surface area (Å²) in [4.78, 5) is 13.8. The van der Waals surface area contributed by atoms with E-state index in [1.807, 2.05) is 45.0 Å². The molecular formula is C28H28N2O4S2. The second-order valence-electron chi connectivity index (χ2n) is 9.06. The molecule has 4 rings (SSSR count). The summed E-state index contributed by atoms with van der Waals surface area (Å²) in [6.45, 7) is 5.76. The van der Waals surface area contributed by atoms with Gasteiger partial charge in [0.05, 0.1) is 28.5 Å². The van der Waals surface area contributed by atoms with E-state index in [0.29, 0.717) is 17.5 Å². The van der Waals surface area contributed by atoms with Crippen molar-refractivity contribution in [3.05, 3.63) is 95.1 Å². The number of aliphatic carboxylic acids is 1. The molecule has 3 aromatic rings. The Morgan fingerprint density at radius 1 is 0.972 bits per heavy atom. The van der Waals surface area contributed by atoms with Crippen LogP contribution in [-0.2, 0) is 14.8 Å². The molecule has 186 valence electrons. The predicted molar refractivity (Wildman–Crippen MR) is 140 cm³/mol. The molecule has 0 bridgehead atoms. The van der Waals surface area contributed by atoms with Gasteiger partial charge in [-0.15, -0.1) is 11.8 Å². The van der Waals surface area contributed by atoms with E-state index in [9.17, 15) is 23.6 Å². The van der Waals surface area contributed by atoms with E-state index in [2.05, 4.69) is 6.07 Å². The molecule has 1 aliphatic rings. The van der Waals surface area contributed by atoms with Crippen LogP contribution in [0, 0.1) is 31.1 Å². The molecule has 1 heterocycles. The summed E-state index contributed by atoms with van der Waals surface area (Å²) in [5.74, 6) is -2.04. The molecule has 4 atom stereocenters. The monoisotopic (exact) mass is 520 g/mol. The minimum atomic E-state index is -4.04. The Morgan fingerprint density at radius 2 is 1.53 bits per heavy atom. The molecule has 1 aliphatic heterocycles. The fourth-order valence-electron chi connectivity index (χ4n) is 4.81. The Kier molecular flexibility index (Phi) is 7.55. The molecule has 1 saturated heterocycles. The van der Waals surface area contributed by atoms with E-state index in [1.165, 1.54) is 16.1 Å². The van der Waals surface area contributed by atoms with Crippen LogP contribution in [0.2, 0.25) is 0 Å². The van der Waals surface area contributed by atoms with E-state index in [-0.39, 0.29) is 4.90 Å². The summed E-state index contributed by atoms with van der Waals surface area (Å²) >= 11 is 1.41. The number of carbonyl (C=O) groups is 1. The van der Waals surface area contributed by atoms with E-state index < -0.39 is 39.2 Å². The van der Waals surface area contributed by atoms with Crippen molar-refractivity contribution < 1.29 is 18.3 Å². The minimum Gasteiger partial charge on any atom is -0.481 e. The molecule has 0 spiro atoms. The Morgan fingerprint density at radius 3 is 2.03 bits per heavy atom. The van der Waals surface area contributed by atoms with Gasteiger partial charge in [0, 0.05) is 16.2 Å². The van der Waals surface area contributed by atoms with Crippen molar-refractivity contribution >= 4 is 27.8 Å². The van der Waals surface area contributed by atoms with Gasteiger partial charge < -0.3 is 5.11 Å². The molecule has 0 unspecified atom stereocenters. The second-order valence-corrected chi connectivity index (χ2v) is 12.2. The topological polar surface area (TPSA) is 98.5 Å². The van der Waals surface area contributed by atoms with E-state index >= 15 is 0 Å². The molecule has 0 aromatic heterocycles. The first-order valence-corrected chi connectivity index (χ1v) is 14.1. The molecule has 6 nitrogen and oxygen atoms in total. The Balaban J connectivity index is 1.89. The van der Waals surface area contributed by atoms with Gasteiger partial charge in [-0.2, -0.15) is 9.57 Å². The maximum absolute atomic E-state index is 14.1. The number of nitriles is 1. The van der Waals surface area contributed by atoms with Crippen molar-refractivity contribution in [2.24, 2.45) is 5.92 Å². The molecule has 1 N–H and O–H groups in total. The molecule has 3 aromatic carbocycles. The highest BCUT2D eigenvalue weighted by atomic mass is 32.2. The van der Waals surface area contributed by atoms with Gasteiger partial charge in [0.1, 0.15) is 0 Å². The fourth-order valence-corrected chi connectivity index (χ4v) is 8.30. The molecule has 0 aliphatic carbocycles. The normalized spacial score (nSPS) is 22.3. The zero-order valence-corrected chi connectivity index (χ0v) is 22.0. The lowest BCUT2D eigenvalue weighted by Gasteiger charge is -2.30. The Bertz CT molecular complexity index is 1380. The summed E-state index contributed by atoms with van der Waals surface area (Å²) in [5, 5.41) is 19.2. The van der Waals surface area contributed by atoms with Gasteiger partial charge in [0.25, 0.3) is 0 Å². The third-order valence-electron chi connectivity index (χ3n) is 6.65. The van der Waals surface area contributed by atoms with Gasteiger partial charge in [-0.1, -0.05) is 54.4 Å². The third-order valence-corrected chi connectivity index (χ3v) is 9.99. The van der Waals surface area contributed by atoms with Crippen LogP contribution in [0.3, 0.4) is 0 Å². The molecule has 8 heteroatoms. The number of carboxylic acids is 1. The maximum atomic E-state index is 14.1. The number of hydrogen-bond acceptors (Lipinski definition) is 5. The number of sulfonamides is 1. The first kappa shape index (κ1) is 26.0. The number of carboxylic acid groups (broad SMARTS) is 1. The molecule has 0 amide bonds. The van der Waals surface area contributed by atoms with E-state index in [4.69, 9.17) is 0 Å². The van der Waals surface area contributed by atoms with Gasteiger partial charge >= 0.3 is 5.97 Å². The fraction of sp³-hybridized carbons (Fsp3) is 0.286. The van der Waals surface area contributed by atoms with Crippen molar-refractivity contribution in [1.82, 2.24) is 4.31 Å². The highest BCUT2D eigenvalue weighted by Crippen LogP contribution is 2.51. The van der Waals surface area contributed by atoms with Gasteiger partial charge in [-0.05, 0) is 62.2 Å². The maximum Gasteiger partial charge on any atom is 0.309 e. The van der Waals surface area contributed by atoms with Crippen LogP contribution >= 0.6 is 11.8 Å². The quantitative estimate of drug-likeness (QED) is 0.438. The smallest absolute Gasteiger partial charge is 0.309 e. The molecule has 1 fully saturated rings.